The van der Waals surface area contributed by atoms with Crippen molar-refractivity contribution in [2.45, 2.75) is 0 Å². The van der Waals surface area contributed by atoms with Crippen LogP contribution in [0.25, 0.3) is 0 Å². The van der Waals surface area contributed by atoms with Crippen LogP contribution >= 0.6 is 0 Å². The SMILES string of the molecule is COc1cc(F)ccc1Nc1c(F)c(F)nc(F)c1F. The van der Waals surface area contributed by atoms with Crippen molar-refractivity contribution in [3.8, 4) is 5.75 Å². The summed E-state index contributed by atoms with van der Waals surface area (Å²) in [6.45, 7) is 0. The van der Waals surface area contributed by atoms with Gasteiger partial charge in [-0.05, 0) is 12.1 Å². The summed E-state index contributed by atoms with van der Waals surface area (Å²) in [6, 6.07) is 3.02. The van der Waals surface area contributed by atoms with Gasteiger partial charge in [0.25, 0.3) is 11.9 Å². The number of nitrogens with zero attached hydrogens (tertiary/aromatic N) is 1. The normalized spacial score (nSPS) is 10.5. The fourth-order valence-electron chi connectivity index (χ4n) is 1.50. The van der Waals surface area contributed by atoms with Crippen molar-refractivity contribution < 1.29 is 26.7 Å². The molecule has 0 spiro atoms. The summed E-state index contributed by atoms with van der Waals surface area (Å²) >= 11 is 0. The number of hydrogen-bond acceptors (Lipinski definition) is 3. The average Bonchev–Trinajstić information content (AvgIpc) is 2.42. The molecule has 0 fully saturated rings. The predicted molar refractivity (Wildman–Crippen MR) is 60.3 cm³/mol. The van der Waals surface area contributed by atoms with E-state index < -0.39 is 35.0 Å². The van der Waals surface area contributed by atoms with E-state index in [1.54, 1.807) is 0 Å². The van der Waals surface area contributed by atoms with E-state index in [4.69, 9.17) is 4.74 Å². The predicted octanol–water partition coefficient (Wildman–Crippen LogP) is 3.53. The number of aromatic nitrogens is 1. The summed E-state index contributed by atoms with van der Waals surface area (Å²) in [5, 5.41) is 2.11. The van der Waals surface area contributed by atoms with Crippen molar-refractivity contribution in [2.24, 2.45) is 0 Å². The molecule has 1 aromatic carbocycles. The molecule has 2 aromatic rings. The Labute approximate surface area is 110 Å². The lowest BCUT2D eigenvalue weighted by atomic mass is 10.2. The summed E-state index contributed by atoms with van der Waals surface area (Å²) in [4.78, 5) is 2.42. The maximum Gasteiger partial charge on any atom is 0.253 e. The smallest absolute Gasteiger partial charge is 0.253 e. The average molecular weight is 290 g/mol. The maximum atomic E-state index is 13.4. The fraction of sp³-hybridized carbons (Fsp3) is 0.0833. The van der Waals surface area contributed by atoms with Crippen LogP contribution in [-0.4, -0.2) is 12.1 Å². The molecule has 0 bridgehead atoms. The largest absolute Gasteiger partial charge is 0.494 e. The van der Waals surface area contributed by atoms with Gasteiger partial charge in [0.2, 0.25) is 11.6 Å². The van der Waals surface area contributed by atoms with Crippen LogP contribution in [0.3, 0.4) is 0 Å². The highest BCUT2D eigenvalue weighted by atomic mass is 19.2. The zero-order chi connectivity index (χ0) is 14.9. The minimum absolute atomic E-state index is 0.0725. The van der Waals surface area contributed by atoms with E-state index in [0.29, 0.717) is 0 Å². The first-order chi connectivity index (χ1) is 9.43. The molecule has 1 N–H and O–H groups in total. The standard InChI is InChI=1S/C12H7F5N2O/c1-20-7-4-5(13)2-3-6(7)18-10-8(14)11(16)19-12(17)9(10)15/h2-4H,1H3,(H,18,19). The second-order valence-corrected chi connectivity index (χ2v) is 3.67. The van der Waals surface area contributed by atoms with E-state index in [0.717, 1.165) is 18.2 Å². The first-order valence-corrected chi connectivity index (χ1v) is 5.24. The lowest BCUT2D eigenvalue weighted by Crippen LogP contribution is -2.06. The second kappa shape index (κ2) is 5.32. The van der Waals surface area contributed by atoms with Crippen molar-refractivity contribution >= 4 is 11.4 Å². The van der Waals surface area contributed by atoms with Gasteiger partial charge in [0, 0.05) is 6.07 Å². The van der Waals surface area contributed by atoms with Gasteiger partial charge < -0.3 is 10.1 Å². The molecule has 1 aromatic heterocycles. The van der Waals surface area contributed by atoms with E-state index in [2.05, 4.69) is 10.3 Å². The van der Waals surface area contributed by atoms with Crippen LogP contribution in [0.1, 0.15) is 0 Å². The van der Waals surface area contributed by atoms with Crippen molar-refractivity contribution in [1.82, 2.24) is 4.98 Å². The van der Waals surface area contributed by atoms with Crippen LogP contribution in [0.5, 0.6) is 5.75 Å². The minimum Gasteiger partial charge on any atom is -0.494 e. The molecule has 1 heterocycles. The number of methoxy groups -OCH3 is 1. The summed E-state index contributed by atoms with van der Waals surface area (Å²) in [5.41, 5.74) is -1.16. The van der Waals surface area contributed by atoms with E-state index in [1.165, 1.54) is 7.11 Å². The minimum atomic E-state index is -1.80. The zero-order valence-electron chi connectivity index (χ0n) is 9.98. The lowest BCUT2D eigenvalue weighted by Gasteiger charge is -2.12. The van der Waals surface area contributed by atoms with Crippen LogP contribution in [0, 0.1) is 29.3 Å². The van der Waals surface area contributed by atoms with Crippen molar-refractivity contribution in [3.63, 3.8) is 0 Å². The molecule has 20 heavy (non-hydrogen) atoms. The fourth-order valence-corrected chi connectivity index (χ4v) is 1.50. The molecular weight excluding hydrogens is 283 g/mol. The van der Waals surface area contributed by atoms with Gasteiger partial charge in [-0.15, -0.1) is 0 Å². The van der Waals surface area contributed by atoms with Gasteiger partial charge in [0.05, 0.1) is 12.8 Å². The molecule has 0 amide bonds. The Morgan fingerprint density at radius 1 is 1.00 bits per heavy atom. The van der Waals surface area contributed by atoms with Gasteiger partial charge in [0.1, 0.15) is 17.3 Å². The molecule has 0 aliphatic rings. The van der Waals surface area contributed by atoms with Gasteiger partial charge in [-0.1, -0.05) is 0 Å². The van der Waals surface area contributed by atoms with E-state index in [9.17, 15) is 22.0 Å². The molecule has 0 atom stereocenters. The van der Waals surface area contributed by atoms with Crippen molar-refractivity contribution in [1.29, 1.82) is 0 Å². The Bertz CT molecular complexity index is 637. The van der Waals surface area contributed by atoms with Crippen LogP contribution < -0.4 is 10.1 Å². The summed E-state index contributed by atoms with van der Waals surface area (Å²) in [5.74, 6) is -7.74. The van der Waals surface area contributed by atoms with Gasteiger partial charge >= 0.3 is 0 Å². The number of pyridine rings is 1. The molecule has 2 rings (SSSR count). The Morgan fingerprint density at radius 2 is 1.60 bits per heavy atom. The third kappa shape index (κ3) is 2.49. The van der Waals surface area contributed by atoms with Crippen LogP contribution in [0.2, 0.25) is 0 Å². The number of hydrogen-bond donors (Lipinski definition) is 1. The van der Waals surface area contributed by atoms with Crippen LogP contribution in [0.15, 0.2) is 18.2 Å². The Balaban J connectivity index is 2.50. The molecule has 0 aliphatic heterocycles. The molecule has 0 unspecified atom stereocenters. The van der Waals surface area contributed by atoms with Crippen LogP contribution in [0.4, 0.5) is 33.3 Å². The number of anilines is 2. The lowest BCUT2D eigenvalue weighted by molar-refractivity contribution is 0.408. The van der Waals surface area contributed by atoms with Crippen molar-refractivity contribution in [3.05, 3.63) is 47.5 Å². The van der Waals surface area contributed by atoms with E-state index in [1.807, 2.05) is 0 Å². The van der Waals surface area contributed by atoms with E-state index >= 15 is 0 Å². The highest BCUT2D eigenvalue weighted by Crippen LogP contribution is 2.31. The second-order valence-electron chi connectivity index (χ2n) is 3.67. The molecule has 106 valence electrons. The topological polar surface area (TPSA) is 34.1 Å². The monoisotopic (exact) mass is 290 g/mol. The number of halogens is 5. The van der Waals surface area contributed by atoms with Gasteiger partial charge in [0.15, 0.2) is 0 Å². The summed E-state index contributed by atoms with van der Waals surface area (Å²) in [7, 11) is 1.19. The molecule has 8 heteroatoms. The Hall–Kier alpha value is -2.38. The highest BCUT2D eigenvalue weighted by molar-refractivity contribution is 5.66. The maximum absolute atomic E-state index is 13.4. The quantitative estimate of drug-likeness (QED) is 0.693. The van der Waals surface area contributed by atoms with E-state index in [-0.39, 0.29) is 11.4 Å². The Morgan fingerprint density at radius 3 is 2.15 bits per heavy atom. The third-order valence-corrected chi connectivity index (χ3v) is 2.42. The highest BCUT2D eigenvalue weighted by Gasteiger charge is 2.21. The number of benzene rings is 1. The molecule has 0 aliphatic carbocycles. The zero-order valence-corrected chi connectivity index (χ0v) is 9.98. The van der Waals surface area contributed by atoms with Crippen LogP contribution in [-0.2, 0) is 0 Å². The summed E-state index contributed by atoms with van der Waals surface area (Å²) in [6.07, 6.45) is 0. The molecule has 0 saturated heterocycles. The first kappa shape index (κ1) is 14.0. The molecular formula is C12H7F5N2O. The number of nitrogens with one attached hydrogen (secondary N) is 1. The van der Waals surface area contributed by atoms with Gasteiger partial charge in [-0.25, -0.2) is 4.39 Å². The van der Waals surface area contributed by atoms with Gasteiger partial charge in [-0.2, -0.15) is 22.5 Å². The first-order valence-electron chi connectivity index (χ1n) is 5.24. The number of ether oxygens (including phenoxy) is 1. The summed E-state index contributed by atoms with van der Waals surface area (Å²) < 4.78 is 70.5. The van der Waals surface area contributed by atoms with Gasteiger partial charge in [-0.3, -0.25) is 0 Å². The van der Waals surface area contributed by atoms with Crippen molar-refractivity contribution in [2.75, 3.05) is 12.4 Å². The number of rotatable bonds is 3. The molecule has 0 radical (unpaired) electrons. The molecule has 3 nitrogen and oxygen atoms in total. The molecule has 0 saturated carbocycles. The Kier molecular flexibility index (Phi) is 3.73. The third-order valence-electron chi connectivity index (χ3n) is 2.42.